The molecule has 2 atom stereocenters. The minimum absolute atomic E-state index is 0.314. The van der Waals surface area contributed by atoms with Crippen LogP contribution in [-0.2, 0) is 4.79 Å². The molecule has 2 aliphatic rings. The Morgan fingerprint density at radius 1 is 1.15 bits per heavy atom. The summed E-state index contributed by atoms with van der Waals surface area (Å²) in [6, 6.07) is 2.70. The first kappa shape index (κ1) is 13.1. The van der Waals surface area contributed by atoms with Crippen molar-refractivity contribution >= 4 is 17.6 Å². The number of fused-ring (bicyclic) bond motifs is 1. The molecule has 0 saturated carbocycles. The van der Waals surface area contributed by atoms with E-state index in [1.165, 1.54) is 9.80 Å². The first-order valence-corrected chi connectivity index (χ1v) is 6.83. The molecule has 1 N–H and O–H groups in total. The van der Waals surface area contributed by atoms with Crippen LogP contribution in [-0.4, -0.2) is 40.6 Å². The van der Waals surface area contributed by atoms with Crippen molar-refractivity contribution in [2.45, 2.75) is 39.3 Å². The molecule has 5 heteroatoms. The van der Waals surface area contributed by atoms with E-state index in [2.05, 4.69) is 0 Å². The molecular weight excluding hydrogens is 256 g/mol. The molecule has 3 amide bonds. The largest absolute Gasteiger partial charge is 0.390 e. The van der Waals surface area contributed by atoms with Crippen LogP contribution in [0.15, 0.2) is 12.1 Å². The molecule has 2 aliphatic heterocycles. The molecule has 0 aromatic heterocycles. The van der Waals surface area contributed by atoms with Crippen LogP contribution in [0.4, 0.5) is 10.5 Å². The van der Waals surface area contributed by atoms with E-state index in [9.17, 15) is 14.7 Å². The first-order chi connectivity index (χ1) is 9.43. The van der Waals surface area contributed by atoms with Crippen LogP contribution in [0.3, 0.4) is 0 Å². The van der Waals surface area contributed by atoms with Crippen molar-refractivity contribution in [1.29, 1.82) is 0 Å². The SMILES string of the molecule is Cc1ccc(N2C(=O)[C@@H]3[C@H](O)CCN3C2=O)c(C)c1C. The number of urea groups is 1. The van der Waals surface area contributed by atoms with Crippen LogP contribution < -0.4 is 4.90 Å². The average Bonchev–Trinajstić information content (AvgIpc) is 2.90. The van der Waals surface area contributed by atoms with Gasteiger partial charge in [0.25, 0.3) is 5.91 Å². The highest BCUT2D eigenvalue weighted by atomic mass is 16.3. The van der Waals surface area contributed by atoms with E-state index < -0.39 is 12.1 Å². The Labute approximate surface area is 117 Å². The molecule has 0 bridgehead atoms. The van der Waals surface area contributed by atoms with Gasteiger partial charge in [-0.25, -0.2) is 9.69 Å². The Bertz CT molecular complexity index is 611. The number of carbonyl (C=O) groups excluding carboxylic acids is 2. The lowest BCUT2D eigenvalue weighted by molar-refractivity contribution is -0.121. The zero-order valence-corrected chi connectivity index (χ0v) is 11.9. The Morgan fingerprint density at radius 3 is 2.50 bits per heavy atom. The fourth-order valence-electron chi connectivity index (χ4n) is 3.05. The minimum Gasteiger partial charge on any atom is -0.390 e. The number of aliphatic hydroxyl groups is 1. The summed E-state index contributed by atoms with van der Waals surface area (Å²) in [6.07, 6.45) is -0.273. The predicted molar refractivity (Wildman–Crippen MR) is 74.7 cm³/mol. The molecule has 3 rings (SSSR count). The van der Waals surface area contributed by atoms with Crippen LogP contribution in [0.1, 0.15) is 23.1 Å². The fraction of sp³-hybridized carbons (Fsp3) is 0.467. The van der Waals surface area contributed by atoms with Gasteiger partial charge in [-0.1, -0.05) is 6.07 Å². The van der Waals surface area contributed by atoms with Crippen LogP contribution >= 0.6 is 0 Å². The summed E-state index contributed by atoms with van der Waals surface area (Å²) in [6.45, 7) is 6.34. The van der Waals surface area contributed by atoms with Crippen molar-refractivity contribution in [3.05, 3.63) is 28.8 Å². The van der Waals surface area contributed by atoms with Crippen LogP contribution in [0.5, 0.6) is 0 Å². The summed E-state index contributed by atoms with van der Waals surface area (Å²) in [5.41, 5.74) is 3.77. The zero-order chi connectivity index (χ0) is 14.6. The summed E-state index contributed by atoms with van der Waals surface area (Å²) in [7, 11) is 0. The number of aliphatic hydroxyl groups excluding tert-OH is 1. The van der Waals surface area contributed by atoms with E-state index in [0.29, 0.717) is 18.7 Å². The Hall–Kier alpha value is -1.88. The molecule has 2 fully saturated rings. The maximum Gasteiger partial charge on any atom is 0.332 e. The quantitative estimate of drug-likeness (QED) is 0.790. The van der Waals surface area contributed by atoms with Crippen LogP contribution in [0.25, 0.3) is 0 Å². The smallest absolute Gasteiger partial charge is 0.332 e. The lowest BCUT2D eigenvalue weighted by atomic mass is 10.0. The van der Waals surface area contributed by atoms with E-state index in [-0.39, 0.29) is 11.9 Å². The molecule has 0 unspecified atom stereocenters. The number of hydrogen-bond acceptors (Lipinski definition) is 3. The highest BCUT2D eigenvalue weighted by Gasteiger charge is 2.52. The van der Waals surface area contributed by atoms with Gasteiger partial charge in [-0.05, 0) is 49.9 Å². The number of hydrogen-bond donors (Lipinski definition) is 1. The highest BCUT2D eigenvalue weighted by molar-refractivity contribution is 6.22. The van der Waals surface area contributed by atoms with Gasteiger partial charge in [0, 0.05) is 6.54 Å². The van der Waals surface area contributed by atoms with Gasteiger partial charge in [0.1, 0.15) is 6.04 Å². The lowest BCUT2D eigenvalue weighted by Gasteiger charge is -2.20. The van der Waals surface area contributed by atoms with E-state index in [4.69, 9.17) is 0 Å². The molecule has 20 heavy (non-hydrogen) atoms. The Morgan fingerprint density at radius 2 is 1.85 bits per heavy atom. The van der Waals surface area contributed by atoms with Crippen LogP contribution in [0, 0.1) is 20.8 Å². The van der Waals surface area contributed by atoms with Crippen molar-refractivity contribution in [1.82, 2.24) is 4.90 Å². The number of nitrogens with zero attached hydrogens (tertiary/aromatic N) is 2. The first-order valence-electron chi connectivity index (χ1n) is 6.83. The van der Waals surface area contributed by atoms with E-state index in [1.54, 1.807) is 0 Å². The van der Waals surface area contributed by atoms with Gasteiger partial charge in [-0.2, -0.15) is 0 Å². The molecule has 5 nitrogen and oxygen atoms in total. The second-order valence-electron chi connectivity index (χ2n) is 5.60. The molecule has 2 saturated heterocycles. The van der Waals surface area contributed by atoms with Crippen molar-refractivity contribution < 1.29 is 14.7 Å². The Balaban J connectivity index is 2.06. The molecular formula is C15H18N2O3. The van der Waals surface area contributed by atoms with E-state index >= 15 is 0 Å². The summed E-state index contributed by atoms with van der Waals surface area (Å²) in [5.74, 6) is -0.314. The maximum absolute atomic E-state index is 12.5. The molecule has 1 aromatic rings. The maximum atomic E-state index is 12.5. The Kier molecular flexibility index (Phi) is 2.83. The summed E-state index contributed by atoms with van der Waals surface area (Å²) in [4.78, 5) is 27.6. The number of anilines is 1. The fourth-order valence-corrected chi connectivity index (χ4v) is 3.05. The van der Waals surface area contributed by atoms with Gasteiger partial charge >= 0.3 is 6.03 Å². The number of rotatable bonds is 1. The summed E-state index contributed by atoms with van der Waals surface area (Å²) in [5, 5.41) is 9.88. The minimum atomic E-state index is -0.747. The van der Waals surface area contributed by atoms with Gasteiger partial charge in [-0.3, -0.25) is 4.79 Å². The topological polar surface area (TPSA) is 60.9 Å². The molecule has 0 spiro atoms. The van der Waals surface area contributed by atoms with E-state index in [0.717, 1.165) is 16.7 Å². The number of carbonyl (C=O) groups is 2. The van der Waals surface area contributed by atoms with Crippen molar-refractivity contribution in [3.63, 3.8) is 0 Å². The molecule has 106 valence electrons. The van der Waals surface area contributed by atoms with Gasteiger partial charge in [0.05, 0.1) is 11.8 Å². The van der Waals surface area contributed by atoms with Crippen molar-refractivity contribution in [3.8, 4) is 0 Å². The van der Waals surface area contributed by atoms with Crippen molar-refractivity contribution in [2.24, 2.45) is 0 Å². The third-order valence-electron chi connectivity index (χ3n) is 4.55. The second-order valence-corrected chi connectivity index (χ2v) is 5.60. The third kappa shape index (κ3) is 1.59. The number of amides is 3. The van der Waals surface area contributed by atoms with Gasteiger partial charge in [0.15, 0.2) is 0 Å². The zero-order valence-electron chi connectivity index (χ0n) is 11.9. The second kappa shape index (κ2) is 4.31. The molecule has 0 radical (unpaired) electrons. The third-order valence-corrected chi connectivity index (χ3v) is 4.55. The normalized spacial score (nSPS) is 25.6. The standard InChI is InChI=1S/C15H18N2O3/c1-8-4-5-11(10(3)9(8)2)17-14(19)13-12(18)6-7-16(13)15(17)20/h4-5,12-13,18H,6-7H2,1-3H3/t12-,13+/m1/s1. The lowest BCUT2D eigenvalue weighted by Crippen LogP contribution is -2.36. The van der Waals surface area contributed by atoms with Gasteiger partial charge in [0.2, 0.25) is 0 Å². The molecule has 1 aromatic carbocycles. The summed E-state index contributed by atoms with van der Waals surface area (Å²) >= 11 is 0. The average molecular weight is 274 g/mol. The summed E-state index contributed by atoms with van der Waals surface area (Å²) < 4.78 is 0. The molecule has 2 heterocycles. The van der Waals surface area contributed by atoms with Crippen molar-refractivity contribution in [2.75, 3.05) is 11.4 Å². The van der Waals surface area contributed by atoms with Gasteiger partial charge in [-0.15, -0.1) is 0 Å². The number of aryl methyl sites for hydroxylation is 1. The number of benzene rings is 1. The number of imide groups is 1. The van der Waals surface area contributed by atoms with Crippen LogP contribution in [0.2, 0.25) is 0 Å². The predicted octanol–water partition coefficient (Wildman–Crippen LogP) is 1.51. The monoisotopic (exact) mass is 274 g/mol. The van der Waals surface area contributed by atoms with Gasteiger partial charge < -0.3 is 10.0 Å². The molecule has 0 aliphatic carbocycles. The van der Waals surface area contributed by atoms with E-state index in [1.807, 2.05) is 32.9 Å². The highest BCUT2D eigenvalue weighted by Crippen LogP contribution is 2.34.